The number of nitrogens with zero attached hydrogens (tertiary/aromatic N) is 1. The second-order valence-electron chi connectivity index (χ2n) is 6.06. The topological polar surface area (TPSA) is 46.6 Å². The molecule has 1 heterocycles. The Morgan fingerprint density at radius 3 is 2.80 bits per heavy atom. The Hall–Kier alpha value is -2.40. The lowest BCUT2D eigenvalue weighted by Crippen LogP contribution is -2.40. The van der Waals surface area contributed by atoms with Crippen molar-refractivity contribution < 1.29 is 18.7 Å². The number of esters is 1. The Kier molecular flexibility index (Phi) is 4.77. The molecule has 1 amide bonds. The van der Waals surface area contributed by atoms with Gasteiger partial charge >= 0.3 is 5.97 Å². The molecule has 4 nitrogen and oxygen atoms in total. The Morgan fingerprint density at radius 2 is 2.12 bits per heavy atom. The molecule has 1 unspecified atom stereocenters. The summed E-state index contributed by atoms with van der Waals surface area (Å²) in [5, 5.41) is 0.261. The minimum atomic E-state index is -0.488. The van der Waals surface area contributed by atoms with Crippen LogP contribution in [0.3, 0.4) is 0 Å². The van der Waals surface area contributed by atoms with E-state index in [1.807, 2.05) is 6.92 Å². The van der Waals surface area contributed by atoms with Gasteiger partial charge in [0.15, 0.2) is 0 Å². The number of benzene rings is 2. The quantitative estimate of drug-likeness (QED) is 0.776. The number of halogens is 2. The maximum atomic E-state index is 14.2. The van der Waals surface area contributed by atoms with Gasteiger partial charge in [-0.3, -0.25) is 4.79 Å². The van der Waals surface area contributed by atoms with Crippen LogP contribution in [0.4, 0.5) is 10.1 Å². The standard InChI is InChI=1S/C19H17ClFNO3/c1-11-8-12-6-7-13(19(24)25-2)9-17(12)22(18(11)23)10-14-15(20)4-3-5-16(14)21/h3-7,9,11H,8,10H2,1-2H3. The molecule has 0 saturated heterocycles. The smallest absolute Gasteiger partial charge is 0.337 e. The van der Waals surface area contributed by atoms with Gasteiger partial charge in [0.2, 0.25) is 5.91 Å². The van der Waals surface area contributed by atoms with E-state index in [1.54, 1.807) is 24.3 Å². The highest BCUT2D eigenvalue weighted by atomic mass is 35.5. The van der Waals surface area contributed by atoms with Gasteiger partial charge in [0.05, 0.1) is 19.2 Å². The highest BCUT2D eigenvalue weighted by Crippen LogP contribution is 2.34. The monoisotopic (exact) mass is 361 g/mol. The van der Waals surface area contributed by atoms with Crippen molar-refractivity contribution in [3.8, 4) is 0 Å². The van der Waals surface area contributed by atoms with E-state index >= 15 is 0 Å². The fourth-order valence-electron chi connectivity index (χ4n) is 3.04. The number of hydrogen-bond donors (Lipinski definition) is 0. The molecule has 1 atom stereocenters. The first kappa shape index (κ1) is 17.4. The van der Waals surface area contributed by atoms with E-state index in [2.05, 4.69) is 0 Å². The molecule has 2 aromatic rings. The van der Waals surface area contributed by atoms with Crippen molar-refractivity contribution in [2.75, 3.05) is 12.0 Å². The highest BCUT2D eigenvalue weighted by molar-refractivity contribution is 6.31. The van der Waals surface area contributed by atoms with Gasteiger partial charge in [-0.25, -0.2) is 9.18 Å². The first-order chi connectivity index (χ1) is 11.9. The van der Waals surface area contributed by atoms with Crippen LogP contribution in [0.5, 0.6) is 0 Å². The Balaban J connectivity index is 2.07. The van der Waals surface area contributed by atoms with Crippen molar-refractivity contribution in [3.05, 3.63) is 63.9 Å². The zero-order valence-corrected chi connectivity index (χ0v) is 14.6. The van der Waals surface area contributed by atoms with Crippen molar-refractivity contribution >= 4 is 29.2 Å². The molecule has 1 aliphatic rings. The predicted molar refractivity (Wildman–Crippen MR) is 93.2 cm³/mol. The van der Waals surface area contributed by atoms with Crippen molar-refractivity contribution in [1.82, 2.24) is 0 Å². The molecule has 3 rings (SSSR count). The number of fused-ring (bicyclic) bond motifs is 1. The average molecular weight is 362 g/mol. The molecule has 0 radical (unpaired) electrons. The summed E-state index contributed by atoms with van der Waals surface area (Å²) >= 11 is 6.11. The van der Waals surface area contributed by atoms with Crippen molar-refractivity contribution in [3.63, 3.8) is 0 Å². The van der Waals surface area contributed by atoms with Gasteiger partial charge in [-0.05, 0) is 36.2 Å². The van der Waals surface area contributed by atoms with Crippen LogP contribution >= 0.6 is 11.6 Å². The summed E-state index contributed by atoms with van der Waals surface area (Å²) < 4.78 is 18.9. The second-order valence-corrected chi connectivity index (χ2v) is 6.47. The summed E-state index contributed by atoms with van der Waals surface area (Å²) in [6, 6.07) is 9.50. The number of hydrogen-bond acceptors (Lipinski definition) is 3. The van der Waals surface area contributed by atoms with E-state index in [0.29, 0.717) is 17.7 Å². The maximum Gasteiger partial charge on any atom is 0.337 e. The van der Waals surface area contributed by atoms with Crippen LogP contribution in [0.15, 0.2) is 36.4 Å². The van der Waals surface area contributed by atoms with E-state index in [-0.39, 0.29) is 29.0 Å². The first-order valence-electron chi connectivity index (χ1n) is 7.88. The van der Waals surface area contributed by atoms with Crippen LogP contribution in [-0.4, -0.2) is 19.0 Å². The van der Waals surface area contributed by atoms with E-state index < -0.39 is 11.8 Å². The van der Waals surface area contributed by atoms with Gasteiger partial charge in [0.25, 0.3) is 0 Å². The van der Waals surface area contributed by atoms with Crippen LogP contribution in [0.2, 0.25) is 5.02 Å². The zero-order chi connectivity index (χ0) is 18.1. The van der Waals surface area contributed by atoms with E-state index in [1.165, 1.54) is 24.1 Å². The number of methoxy groups -OCH3 is 1. The van der Waals surface area contributed by atoms with E-state index in [4.69, 9.17) is 16.3 Å². The van der Waals surface area contributed by atoms with Crippen LogP contribution in [0.25, 0.3) is 0 Å². The van der Waals surface area contributed by atoms with E-state index in [9.17, 15) is 14.0 Å². The van der Waals surface area contributed by atoms with Crippen molar-refractivity contribution in [2.45, 2.75) is 19.9 Å². The van der Waals surface area contributed by atoms with Crippen LogP contribution in [-0.2, 0) is 22.5 Å². The fraction of sp³-hybridized carbons (Fsp3) is 0.263. The van der Waals surface area contributed by atoms with Crippen molar-refractivity contribution in [2.24, 2.45) is 5.92 Å². The van der Waals surface area contributed by atoms with E-state index in [0.717, 1.165) is 5.56 Å². The third-order valence-electron chi connectivity index (χ3n) is 4.39. The molecular weight excluding hydrogens is 345 g/mol. The lowest BCUT2D eigenvalue weighted by atomic mass is 9.91. The minimum absolute atomic E-state index is 0.00626. The Morgan fingerprint density at radius 1 is 1.36 bits per heavy atom. The Bertz CT molecular complexity index is 832. The summed E-state index contributed by atoms with van der Waals surface area (Å²) in [6.07, 6.45) is 0.567. The molecule has 1 aliphatic heterocycles. The highest BCUT2D eigenvalue weighted by Gasteiger charge is 2.31. The zero-order valence-electron chi connectivity index (χ0n) is 13.9. The Labute approximate surface area is 150 Å². The number of anilines is 1. The van der Waals surface area contributed by atoms with Crippen LogP contribution in [0, 0.1) is 11.7 Å². The van der Waals surface area contributed by atoms with Gasteiger partial charge in [-0.2, -0.15) is 0 Å². The molecule has 0 aromatic heterocycles. The molecule has 6 heteroatoms. The second kappa shape index (κ2) is 6.84. The van der Waals surface area contributed by atoms with Crippen molar-refractivity contribution in [1.29, 1.82) is 0 Å². The average Bonchev–Trinajstić information content (AvgIpc) is 2.60. The van der Waals surface area contributed by atoms with Gasteiger partial charge in [0.1, 0.15) is 5.82 Å². The number of rotatable bonds is 3. The summed E-state index contributed by atoms with van der Waals surface area (Å²) in [6.45, 7) is 1.84. The normalized spacial score (nSPS) is 16.6. The van der Waals surface area contributed by atoms with Gasteiger partial charge in [0, 0.05) is 22.2 Å². The number of amides is 1. The summed E-state index contributed by atoms with van der Waals surface area (Å²) in [7, 11) is 1.30. The molecular formula is C19H17ClFNO3. The summed E-state index contributed by atoms with van der Waals surface area (Å²) in [5.74, 6) is -1.32. The lowest BCUT2D eigenvalue weighted by Gasteiger charge is -2.33. The number of carbonyl (C=O) groups excluding carboxylic acids is 2. The fourth-order valence-corrected chi connectivity index (χ4v) is 3.26. The molecule has 25 heavy (non-hydrogen) atoms. The molecule has 0 bridgehead atoms. The molecule has 130 valence electrons. The first-order valence-corrected chi connectivity index (χ1v) is 8.25. The maximum absolute atomic E-state index is 14.2. The van der Waals surface area contributed by atoms with Crippen LogP contribution < -0.4 is 4.90 Å². The lowest BCUT2D eigenvalue weighted by molar-refractivity contribution is -0.122. The molecule has 2 aromatic carbocycles. The minimum Gasteiger partial charge on any atom is -0.465 e. The molecule has 0 spiro atoms. The SMILES string of the molecule is COC(=O)c1ccc2c(c1)N(Cc1c(F)cccc1Cl)C(=O)C(C)C2. The third kappa shape index (κ3) is 3.24. The molecule has 0 N–H and O–H groups in total. The molecule has 0 fully saturated rings. The summed E-state index contributed by atoms with van der Waals surface area (Å²) in [5.41, 5.74) is 2.10. The van der Waals surface area contributed by atoms with Gasteiger partial charge < -0.3 is 9.64 Å². The van der Waals surface area contributed by atoms with Crippen LogP contribution in [0.1, 0.15) is 28.4 Å². The van der Waals surface area contributed by atoms with Gasteiger partial charge in [-0.15, -0.1) is 0 Å². The number of carbonyl (C=O) groups is 2. The predicted octanol–water partition coefficient (Wildman–Crippen LogP) is 3.99. The largest absolute Gasteiger partial charge is 0.465 e. The number of ether oxygens (including phenoxy) is 1. The molecule has 0 saturated carbocycles. The summed E-state index contributed by atoms with van der Waals surface area (Å²) in [4.78, 5) is 26.0. The molecule has 0 aliphatic carbocycles. The van der Waals surface area contributed by atoms with Gasteiger partial charge in [-0.1, -0.05) is 30.7 Å². The third-order valence-corrected chi connectivity index (χ3v) is 4.74.